The molecule has 0 aromatic carbocycles. The predicted molar refractivity (Wildman–Crippen MR) is 62.5 cm³/mol. The van der Waals surface area contributed by atoms with Gasteiger partial charge in [-0.1, -0.05) is 13.3 Å². The SMILES string of the molecule is CCCC(O)CNC(=O)c1ncccc1C(F)(F)F. The van der Waals surface area contributed by atoms with E-state index in [1.807, 2.05) is 6.92 Å². The van der Waals surface area contributed by atoms with E-state index in [1.165, 1.54) is 0 Å². The standard InChI is InChI=1S/C12H15F3N2O2/c1-2-4-8(18)7-17-11(19)10-9(12(13,14)15)5-3-6-16-10/h3,5-6,8,18H,2,4,7H2,1H3,(H,17,19). The molecule has 0 saturated heterocycles. The number of carbonyl (C=O) groups is 1. The summed E-state index contributed by atoms with van der Waals surface area (Å²) in [6, 6.07) is 1.91. The lowest BCUT2D eigenvalue weighted by atomic mass is 10.1. The summed E-state index contributed by atoms with van der Waals surface area (Å²) in [5.41, 5.74) is -1.77. The lowest BCUT2D eigenvalue weighted by Gasteiger charge is -2.13. The average Bonchev–Trinajstić information content (AvgIpc) is 2.35. The van der Waals surface area contributed by atoms with Gasteiger partial charge in [0, 0.05) is 12.7 Å². The molecular weight excluding hydrogens is 261 g/mol. The second-order valence-corrected chi connectivity index (χ2v) is 4.05. The average molecular weight is 276 g/mol. The molecule has 0 aliphatic rings. The van der Waals surface area contributed by atoms with Gasteiger partial charge in [0.05, 0.1) is 11.7 Å². The van der Waals surface area contributed by atoms with E-state index in [2.05, 4.69) is 10.3 Å². The quantitative estimate of drug-likeness (QED) is 0.864. The van der Waals surface area contributed by atoms with Crippen molar-refractivity contribution >= 4 is 5.91 Å². The zero-order valence-corrected chi connectivity index (χ0v) is 10.4. The van der Waals surface area contributed by atoms with E-state index < -0.39 is 29.4 Å². The summed E-state index contributed by atoms with van der Waals surface area (Å²) in [5.74, 6) is -0.942. The third-order valence-corrected chi connectivity index (χ3v) is 2.45. The van der Waals surface area contributed by atoms with E-state index in [4.69, 9.17) is 0 Å². The van der Waals surface area contributed by atoms with Crippen LogP contribution in [0.4, 0.5) is 13.2 Å². The van der Waals surface area contributed by atoms with Crippen molar-refractivity contribution < 1.29 is 23.1 Å². The number of aliphatic hydroxyl groups is 1. The Hall–Kier alpha value is -1.63. The summed E-state index contributed by atoms with van der Waals surface area (Å²) in [7, 11) is 0. The number of hydrogen-bond donors (Lipinski definition) is 2. The minimum Gasteiger partial charge on any atom is -0.391 e. The summed E-state index contributed by atoms with van der Waals surface area (Å²) in [6.07, 6.45) is -3.11. The summed E-state index contributed by atoms with van der Waals surface area (Å²) < 4.78 is 38.0. The number of aliphatic hydroxyl groups excluding tert-OH is 1. The molecule has 1 amide bonds. The van der Waals surface area contributed by atoms with Gasteiger partial charge in [-0.05, 0) is 18.6 Å². The van der Waals surface area contributed by atoms with Gasteiger partial charge in [-0.3, -0.25) is 9.78 Å². The van der Waals surface area contributed by atoms with Crippen molar-refractivity contribution in [2.45, 2.75) is 32.0 Å². The molecule has 106 valence electrons. The number of halogens is 3. The Kier molecular flexibility index (Phi) is 5.29. The molecule has 1 unspecified atom stereocenters. The number of nitrogens with one attached hydrogen (secondary N) is 1. The fourth-order valence-electron chi connectivity index (χ4n) is 1.54. The Morgan fingerprint density at radius 3 is 2.79 bits per heavy atom. The van der Waals surface area contributed by atoms with E-state index in [9.17, 15) is 23.1 Å². The minimum atomic E-state index is -4.64. The highest BCUT2D eigenvalue weighted by Gasteiger charge is 2.35. The van der Waals surface area contributed by atoms with Gasteiger partial charge in [0.2, 0.25) is 0 Å². The third-order valence-electron chi connectivity index (χ3n) is 2.45. The molecule has 0 radical (unpaired) electrons. The van der Waals surface area contributed by atoms with Gasteiger partial charge in [-0.25, -0.2) is 0 Å². The molecule has 7 heteroatoms. The van der Waals surface area contributed by atoms with Crippen LogP contribution < -0.4 is 5.32 Å². The van der Waals surface area contributed by atoms with Gasteiger partial charge in [-0.2, -0.15) is 13.2 Å². The number of carbonyl (C=O) groups excluding carboxylic acids is 1. The molecule has 2 N–H and O–H groups in total. The second kappa shape index (κ2) is 6.51. The van der Waals surface area contributed by atoms with Crippen LogP contribution >= 0.6 is 0 Å². The monoisotopic (exact) mass is 276 g/mol. The molecule has 0 saturated carbocycles. The topological polar surface area (TPSA) is 62.2 Å². The predicted octanol–water partition coefficient (Wildman–Crippen LogP) is 1.99. The van der Waals surface area contributed by atoms with Crippen LogP contribution in [-0.4, -0.2) is 28.6 Å². The van der Waals surface area contributed by atoms with Crippen molar-refractivity contribution in [1.29, 1.82) is 0 Å². The molecule has 1 aromatic heterocycles. The lowest BCUT2D eigenvalue weighted by molar-refractivity contribution is -0.138. The van der Waals surface area contributed by atoms with E-state index >= 15 is 0 Å². The molecule has 1 rings (SSSR count). The lowest BCUT2D eigenvalue weighted by Crippen LogP contribution is -2.33. The second-order valence-electron chi connectivity index (χ2n) is 4.05. The van der Waals surface area contributed by atoms with Crippen molar-refractivity contribution in [2.24, 2.45) is 0 Å². The highest BCUT2D eigenvalue weighted by Crippen LogP contribution is 2.30. The number of rotatable bonds is 5. The van der Waals surface area contributed by atoms with Crippen LogP contribution in [0.15, 0.2) is 18.3 Å². The maximum Gasteiger partial charge on any atom is 0.418 e. The minimum absolute atomic E-state index is 0.0967. The fraction of sp³-hybridized carbons (Fsp3) is 0.500. The first-order chi connectivity index (χ1) is 8.86. The summed E-state index contributed by atoms with van der Waals surface area (Å²) >= 11 is 0. The Balaban J connectivity index is 2.78. The van der Waals surface area contributed by atoms with Gasteiger partial charge in [0.25, 0.3) is 5.91 Å². The van der Waals surface area contributed by atoms with Gasteiger partial charge in [0.1, 0.15) is 5.69 Å². The van der Waals surface area contributed by atoms with E-state index in [0.717, 1.165) is 18.3 Å². The zero-order chi connectivity index (χ0) is 14.5. The molecule has 1 heterocycles. The molecule has 1 atom stereocenters. The molecule has 4 nitrogen and oxygen atoms in total. The number of aromatic nitrogens is 1. The molecule has 0 spiro atoms. The third kappa shape index (κ3) is 4.51. The maximum absolute atomic E-state index is 12.7. The van der Waals surface area contributed by atoms with Crippen LogP contribution in [0.2, 0.25) is 0 Å². The molecular formula is C12H15F3N2O2. The number of hydrogen-bond acceptors (Lipinski definition) is 3. The van der Waals surface area contributed by atoms with Gasteiger partial charge in [-0.15, -0.1) is 0 Å². The molecule has 0 fully saturated rings. The van der Waals surface area contributed by atoms with Crippen LogP contribution in [0, 0.1) is 0 Å². The first-order valence-electron chi connectivity index (χ1n) is 5.84. The Labute approximate surface area is 108 Å². The first kappa shape index (κ1) is 15.4. The molecule has 0 aliphatic carbocycles. The normalized spacial score (nSPS) is 13.1. The highest BCUT2D eigenvalue weighted by molar-refractivity contribution is 5.93. The van der Waals surface area contributed by atoms with E-state index in [0.29, 0.717) is 12.8 Å². The van der Waals surface area contributed by atoms with Crippen LogP contribution in [0.3, 0.4) is 0 Å². The Morgan fingerprint density at radius 2 is 2.21 bits per heavy atom. The highest BCUT2D eigenvalue weighted by atomic mass is 19.4. The molecule has 19 heavy (non-hydrogen) atoms. The van der Waals surface area contributed by atoms with Crippen molar-refractivity contribution in [3.8, 4) is 0 Å². The zero-order valence-electron chi connectivity index (χ0n) is 10.4. The van der Waals surface area contributed by atoms with Crippen LogP contribution in [0.1, 0.15) is 35.8 Å². The van der Waals surface area contributed by atoms with Crippen molar-refractivity contribution in [1.82, 2.24) is 10.3 Å². The molecule has 0 aliphatic heterocycles. The van der Waals surface area contributed by atoms with E-state index in [1.54, 1.807) is 0 Å². The maximum atomic E-state index is 12.7. The number of nitrogens with zero attached hydrogens (tertiary/aromatic N) is 1. The van der Waals surface area contributed by atoms with Gasteiger partial charge in [0.15, 0.2) is 0 Å². The Bertz CT molecular complexity index is 435. The number of amides is 1. The van der Waals surface area contributed by atoms with Crippen molar-refractivity contribution in [2.75, 3.05) is 6.54 Å². The summed E-state index contributed by atoms with van der Waals surface area (Å²) in [5, 5.41) is 11.7. The largest absolute Gasteiger partial charge is 0.418 e. The van der Waals surface area contributed by atoms with E-state index in [-0.39, 0.29) is 6.54 Å². The molecule has 1 aromatic rings. The number of pyridine rings is 1. The number of alkyl halides is 3. The summed E-state index contributed by atoms with van der Waals surface area (Å²) in [4.78, 5) is 15.1. The van der Waals surface area contributed by atoms with Crippen LogP contribution in [0.25, 0.3) is 0 Å². The van der Waals surface area contributed by atoms with Crippen LogP contribution in [0.5, 0.6) is 0 Å². The van der Waals surface area contributed by atoms with Crippen molar-refractivity contribution in [3.63, 3.8) is 0 Å². The fourth-order valence-corrected chi connectivity index (χ4v) is 1.54. The summed E-state index contributed by atoms with van der Waals surface area (Å²) in [6.45, 7) is 1.76. The van der Waals surface area contributed by atoms with Crippen LogP contribution in [-0.2, 0) is 6.18 Å². The Morgan fingerprint density at radius 1 is 1.53 bits per heavy atom. The molecule has 0 bridgehead atoms. The van der Waals surface area contributed by atoms with Gasteiger partial charge < -0.3 is 10.4 Å². The first-order valence-corrected chi connectivity index (χ1v) is 5.84. The van der Waals surface area contributed by atoms with Crippen molar-refractivity contribution in [3.05, 3.63) is 29.6 Å². The van der Waals surface area contributed by atoms with Gasteiger partial charge >= 0.3 is 6.18 Å². The smallest absolute Gasteiger partial charge is 0.391 e.